The molecule has 0 radical (unpaired) electrons. The molecule has 4 N–H and O–H groups in total. The number of rotatable bonds is 19. The van der Waals surface area contributed by atoms with E-state index in [0.717, 1.165) is 44.0 Å². The third-order valence-corrected chi connectivity index (χ3v) is 29.0. The number of methoxy groups -OCH3 is 3. The van der Waals surface area contributed by atoms with Gasteiger partial charge in [0, 0.05) is 176 Å². The van der Waals surface area contributed by atoms with E-state index in [1.807, 2.05) is 93.6 Å². The Labute approximate surface area is 848 Å². The summed E-state index contributed by atoms with van der Waals surface area (Å²) in [5.74, 6) is -0.569. The maximum absolute atomic E-state index is 14.8. The minimum atomic E-state index is -0.789. The molecule has 0 saturated carbocycles. The van der Waals surface area contributed by atoms with Crippen LogP contribution in [0, 0.1) is 48.2 Å². The Hall–Kier alpha value is -18.1. The summed E-state index contributed by atoms with van der Waals surface area (Å²) >= 11 is 0. The van der Waals surface area contributed by atoms with Gasteiger partial charge in [0.1, 0.15) is 53.7 Å². The monoisotopic (exact) mass is 2020 g/mol. The number of nitrogens with one attached hydrogen (secondary N) is 4. The number of benzene rings is 3. The smallest absolute Gasteiger partial charge is 0.319 e. The van der Waals surface area contributed by atoms with Crippen molar-refractivity contribution in [3.05, 3.63) is 229 Å². The van der Waals surface area contributed by atoms with E-state index >= 15 is 0 Å². The molecule has 47 nitrogen and oxygen atoms in total. The molecule has 8 saturated heterocycles. The summed E-state index contributed by atoms with van der Waals surface area (Å²) in [4.78, 5) is 202. The SMILES string of the molecule is C.COc1cnc(-n2cnc(C)n2)c2[nH]cc(C(=O)C(=O)N3CC4(C3)CN(c3nnnn3-c3ccccc3)C4)c12.COc1cnc(-n2cnc(C)n2)c2[nH]cc(C(=O)C(=O)N3CCC4(CCN(C(=O)N(C)C)C4)C3)c12.COc1cnc(-n2cnc(C)n2)c2[nH]cc(C(=O)C(=O)N3CCC4(CCN(C(=O)c5ccccc5)C4)C3)c12.O=C(C(=O)N1CCC2(CCN(C(=O)c3ccccc3)C2)C1)c1c[nH]c2c(-n3ccnn3)ncc(F)c12. The van der Waals surface area contributed by atoms with Gasteiger partial charge in [-0.2, -0.15) is 20.0 Å². The number of para-hydroxylation sites is 1. The second-order valence-electron chi connectivity index (χ2n) is 38.8. The molecule has 8 aliphatic heterocycles. The number of carbonyl (C=O) groups excluding carboxylic acids is 11. The van der Waals surface area contributed by atoms with Gasteiger partial charge in [0.05, 0.1) is 130 Å². The summed E-state index contributed by atoms with van der Waals surface area (Å²) < 4.78 is 38.8. The van der Waals surface area contributed by atoms with Crippen LogP contribution >= 0.6 is 0 Å². The van der Waals surface area contributed by atoms with E-state index < -0.39 is 52.6 Å². The molecule has 13 aromatic heterocycles. The van der Waals surface area contributed by atoms with Crippen LogP contribution in [-0.2, 0) is 19.2 Å². The van der Waals surface area contributed by atoms with E-state index in [4.69, 9.17) is 14.2 Å². The van der Waals surface area contributed by atoms with Gasteiger partial charge in [0.15, 0.2) is 29.1 Å². The zero-order valence-corrected chi connectivity index (χ0v) is 81.8. The molecule has 0 aliphatic carbocycles. The highest BCUT2D eigenvalue weighted by Crippen LogP contribution is 2.47. The van der Waals surface area contributed by atoms with Crippen molar-refractivity contribution in [2.45, 2.75) is 66.7 Å². The van der Waals surface area contributed by atoms with E-state index in [1.54, 1.807) is 77.5 Å². The second kappa shape index (κ2) is 39.5. The number of hydrogen-bond donors (Lipinski definition) is 4. The second-order valence-corrected chi connectivity index (χ2v) is 38.8. The van der Waals surface area contributed by atoms with Crippen LogP contribution in [0.25, 0.3) is 72.6 Å². The summed E-state index contributed by atoms with van der Waals surface area (Å²) in [5.41, 5.74) is 3.94. The number of anilines is 1. The number of likely N-dealkylation sites (tertiary alicyclic amines) is 7. The fraction of sp³-hybridized carbons (Fsp3) is 0.347. The number of urea groups is 1. The van der Waals surface area contributed by atoms with Crippen LogP contribution in [0.3, 0.4) is 0 Å². The molecule has 8 amide bonds. The number of aromatic nitrogens is 24. The number of tetrazole rings is 1. The third kappa shape index (κ3) is 18.2. The number of carbonyl (C=O) groups is 11. The van der Waals surface area contributed by atoms with E-state index in [0.29, 0.717) is 213 Å². The maximum Gasteiger partial charge on any atom is 0.319 e. The number of fused-ring (bicyclic) bond motifs is 4. The zero-order valence-electron chi connectivity index (χ0n) is 81.8. The number of hydrogen-bond acceptors (Lipinski definition) is 30. The normalized spacial score (nSPS) is 18.3. The number of amides is 8. The average molecular weight is 2020 g/mol. The fourth-order valence-electron chi connectivity index (χ4n) is 21.6. The summed E-state index contributed by atoms with van der Waals surface area (Å²) in [7, 11) is 7.94. The van der Waals surface area contributed by atoms with Crippen molar-refractivity contribution in [2.75, 3.05) is 145 Å². The Bertz CT molecular complexity index is 7930. The number of Topliss-reactive ketones (excluding diaryl/α,β-unsaturated/α-hetero) is 4. The van der Waals surface area contributed by atoms with Crippen molar-refractivity contribution in [3.63, 3.8) is 0 Å². The summed E-state index contributed by atoms with van der Waals surface area (Å²) in [6.07, 6.45) is 23.6. The minimum absolute atomic E-state index is 0. The fourth-order valence-corrected chi connectivity index (χ4v) is 21.6. The number of H-pyrrole nitrogens is 4. The van der Waals surface area contributed by atoms with E-state index in [2.05, 4.69) is 101 Å². The molecule has 16 aromatic rings. The third-order valence-electron chi connectivity index (χ3n) is 29.0. The van der Waals surface area contributed by atoms with Gasteiger partial charge in [-0.3, -0.25) is 47.9 Å². The lowest BCUT2D eigenvalue weighted by atomic mass is 9.72. The van der Waals surface area contributed by atoms with E-state index in [1.165, 1.54) is 114 Å². The molecular formula is C101H104FN33O14. The quantitative estimate of drug-likeness (QED) is 0.0449. The van der Waals surface area contributed by atoms with Gasteiger partial charge in [-0.15, -0.1) is 5.10 Å². The number of ketones is 4. The molecule has 149 heavy (non-hydrogen) atoms. The summed E-state index contributed by atoms with van der Waals surface area (Å²) in [6, 6.07) is 28.0. The number of nitrogens with zero attached hydrogens (tertiary/aromatic N) is 29. The van der Waals surface area contributed by atoms with Gasteiger partial charge >= 0.3 is 6.03 Å². The predicted octanol–water partition coefficient (Wildman–Crippen LogP) is 7.49. The number of halogens is 1. The Morgan fingerprint density at radius 2 is 0.718 bits per heavy atom. The lowest BCUT2D eigenvalue weighted by Gasteiger charge is -2.59. The number of aryl methyl sites for hydroxylation is 3. The molecule has 8 aliphatic rings. The molecule has 48 heteroatoms. The van der Waals surface area contributed by atoms with Crippen molar-refractivity contribution in [2.24, 2.45) is 21.7 Å². The molecule has 3 aromatic carbocycles. The van der Waals surface area contributed by atoms with Gasteiger partial charge in [-0.25, -0.2) is 62.8 Å². The van der Waals surface area contributed by atoms with Gasteiger partial charge < -0.3 is 78.2 Å². The highest BCUT2D eigenvalue weighted by molar-refractivity contribution is 6.47. The molecule has 24 rings (SSSR count). The Morgan fingerprint density at radius 1 is 0.383 bits per heavy atom. The molecule has 764 valence electrons. The first kappa shape index (κ1) is 98.3. The van der Waals surface area contributed by atoms with Crippen LogP contribution in [0.2, 0.25) is 0 Å². The van der Waals surface area contributed by atoms with Gasteiger partial charge in [-0.1, -0.05) is 72.3 Å². The van der Waals surface area contributed by atoms with Gasteiger partial charge in [0.25, 0.3) is 58.6 Å². The minimum Gasteiger partial charge on any atom is -0.494 e. The molecular weight excluding hydrogens is 1920 g/mol. The first-order valence-corrected chi connectivity index (χ1v) is 47.9. The van der Waals surface area contributed by atoms with E-state index in [9.17, 15) is 57.1 Å². The Kier molecular flexibility index (Phi) is 26.1. The van der Waals surface area contributed by atoms with Crippen molar-refractivity contribution < 1.29 is 71.3 Å². The average Bonchev–Trinajstić information content (AvgIpc) is 1.45. The van der Waals surface area contributed by atoms with Crippen LogP contribution in [0.15, 0.2) is 172 Å². The Balaban J connectivity index is 0.000000120. The van der Waals surface area contributed by atoms with Crippen LogP contribution < -0.4 is 19.1 Å². The highest BCUT2D eigenvalue weighted by atomic mass is 19.1. The van der Waals surface area contributed by atoms with Crippen molar-refractivity contribution in [1.29, 1.82) is 0 Å². The van der Waals surface area contributed by atoms with Crippen LogP contribution in [0.1, 0.15) is 126 Å². The molecule has 3 atom stereocenters. The van der Waals surface area contributed by atoms with Crippen LogP contribution in [0.5, 0.6) is 17.2 Å². The van der Waals surface area contributed by atoms with Crippen LogP contribution in [0.4, 0.5) is 15.1 Å². The topological polar surface area (TPSA) is 526 Å². The molecule has 8 fully saturated rings. The summed E-state index contributed by atoms with van der Waals surface area (Å²) in [6.45, 7) is 13.9. The number of ether oxygens (including phenoxy) is 3. The lowest BCUT2D eigenvalue weighted by Crippen LogP contribution is -2.74. The molecule has 0 bridgehead atoms. The van der Waals surface area contributed by atoms with Gasteiger partial charge in [0.2, 0.25) is 5.95 Å². The van der Waals surface area contributed by atoms with Crippen molar-refractivity contribution in [3.8, 4) is 46.2 Å². The predicted molar refractivity (Wildman–Crippen MR) is 532 cm³/mol. The zero-order chi connectivity index (χ0) is 103. The standard InChI is InChI=1S/C27H27N7O4.C25H22FN7O3.C25H23N11O3.C23H28N8O4.CH4/c1-17-30-16-34(31-17)24-22-21(20(38-2)13-29-24)19(12-28-22)23(35)26(37)33-11-9-27(15-33)8-10-32(14-27)25(36)18-6-4-3-5-7-18;26-18-13-28-22(33-11-8-29-30-33)20-19(18)17(12-27-20)21(34)24(36)32-10-7-25(15-32)6-9-31(14-25)23(35)16-4-2-1-3-5-16;1-15-28-14-35(30-15)22-20-19(18(39-2)9-27-22)17(8-26-20)21(37)23(38)33-10-25(11-33)12-34(13-25)24-29-31-32-36(24)16-6-4-3-5-7-16;1-14-26-13-31(27-14)20-18-17(16(35-4)10-25-20)15(9-24-18)19(32)21(33)29-7-5-23(11-29)6-8-30(12-23)22(34)28(2)3;/h3-7,12-13,16,28H,8-11,14-15H2,1-2H3;1-5,8,11-13,27H,6-7,9-10,14-15H2;3-9,14,26H,10-13H2,1-2H3;9-10,13,24H,5-8,11-12H2,1-4H3;1H4. The van der Waals surface area contributed by atoms with Gasteiger partial charge in [-0.05, 0) is 106 Å². The van der Waals surface area contributed by atoms with Crippen LogP contribution in [-0.4, -0.2) is 363 Å². The van der Waals surface area contributed by atoms with Crippen molar-refractivity contribution in [1.82, 2.24) is 159 Å². The molecule has 3 unspecified atom stereocenters. The summed E-state index contributed by atoms with van der Waals surface area (Å²) in [5, 5.41) is 34.1. The first-order chi connectivity index (χ1) is 71.5. The number of pyridine rings is 4. The maximum atomic E-state index is 14.8. The molecule has 21 heterocycles. The number of aromatic amines is 4. The largest absolute Gasteiger partial charge is 0.494 e. The molecule has 4 spiro atoms. The van der Waals surface area contributed by atoms with Crippen molar-refractivity contribution >= 4 is 114 Å². The first-order valence-electron chi connectivity index (χ1n) is 47.9. The van der Waals surface area contributed by atoms with E-state index in [-0.39, 0.29) is 85.9 Å². The lowest BCUT2D eigenvalue weighted by molar-refractivity contribution is -0.140. The Morgan fingerprint density at radius 3 is 1.09 bits per heavy atom. The highest BCUT2D eigenvalue weighted by Gasteiger charge is 2.56.